The van der Waals surface area contributed by atoms with Crippen LogP contribution in [0.25, 0.3) is 94.8 Å². The average molecular weight is 756 g/mol. The predicted octanol–water partition coefficient (Wildman–Crippen LogP) is 13.8. The first-order valence-electron chi connectivity index (χ1n) is 19.8. The summed E-state index contributed by atoms with van der Waals surface area (Å²) in [6.45, 7) is 0. The topological polar surface area (TPSA) is 60.0 Å². The first-order chi connectivity index (χ1) is 29.2. The molecule has 11 aromatic rings. The molecule has 0 amide bonds. The Balaban J connectivity index is 1.18. The Bertz CT molecular complexity index is 3350. The number of para-hydroxylation sites is 6. The molecule has 6 nitrogen and oxygen atoms in total. The fourth-order valence-electron chi connectivity index (χ4n) is 8.65. The number of benzene rings is 8. The smallest absolute Gasteiger partial charge is 0.220 e. The number of furan rings is 1. The van der Waals surface area contributed by atoms with Crippen LogP contribution in [0.2, 0.25) is 0 Å². The van der Waals surface area contributed by atoms with Gasteiger partial charge in [0, 0.05) is 44.2 Å². The average Bonchev–Trinajstić information content (AvgIpc) is 3.85. The molecule has 0 N–H and O–H groups in total. The molecule has 0 saturated carbocycles. The number of fused-ring (bicyclic) bond motifs is 10. The molecule has 0 fully saturated rings. The van der Waals surface area contributed by atoms with Crippen LogP contribution in [0, 0.1) is 0 Å². The van der Waals surface area contributed by atoms with Crippen molar-refractivity contribution in [1.29, 1.82) is 0 Å². The molecule has 8 aromatic carbocycles. The second-order valence-electron chi connectivity index (χ2n) is 14.8. The molecule has 0 aliphatic carbocycles. The van der Waals surface area contributed by atoms with Gasteiger partial charge < -0.3 is 4.42 Å². The number of anilines is 3. The number of imidazole rings is 1. The van der Waals surface area contributed by atoms with Crippen LogP contribution in [0.15, 0.2) is 205 Å². The van der Waals surface area contributed by atoms with Crippen LogP contribution in [0.1, 0.15) is 0 Å². The Morgan fingerprint density at radius 1 is 0.407 bits per heavy atom. The van der Waals surface area contributed by atoms with Gasteiger partial charge in [-0.1, -0.05) is 146 Å². The second-order valence-corrected chi connectivity index (χ2v) is 14.8. The molecule has 59 heavy (non-hydrogen) atoms. The predicted molar refractivity (Wildman–Crippen MR) is 239 cm³/mol. The Hall–Kier alpha value is -8.09. The molecule has 4 heterocycles. The normalized spacial score (nSPS) is 12.0. The van der Waals surface area contributed by atoms with E-state index in [2.05, 4.69) is 155 Å². The maximum atomic E-state index is 6.68. The van der Waals surface area contributed by atoms with E-state index in [1.807, 2.05) is 54.6 Å². The summed E-state index contributed by atoms with van der Waals surface area (Å²) in [6.07, 6.45) is 0. The van der Waals surface area contributed by atoms with Crippen molar-refractivity contribution in [3.63, 3.8) is 0 Å². The summed E-state index contributed by atoms with van der Waals surface area (Å²) in [5.41, 5.74) is 15.4. The van der Waals surface area contributed by atoms with Crippen LogP contribution in [0.3, 0.4) is 0 Å². The molecule has 0 bridgehead atoms. The number of aromatic nitrogens is 4. The maximum Gasteiger partial charge on any atom is 0.220 e. The van der Waals surface area contributed by atoms with Crippen molar-refractivity contribution in [2.24, 2.45) is 0 Å². The van der Waals surface area contributed by atoms with Gasteiger partial charge in [0.25, 0.3) is 0 Å². The molecule has 1 aliphatic rings. The molecule has 0 radical (unpaired) electrons. The van der Waals surface area contributed by atoms with Gasteiger partial charge in [-0.25, -0.2) is 15.0 Å². The highest BCUT2D eigenvalue weighted by Gasteiger charge is 2.30. The van der Waals surface area contributed by atoms with Gasteiger partial charge in [0.1, 0.15) is 11.2 Å². The summed E-state index contributed by atoms with van der Waals surface area (Å²) in [4.78, 5) is 18.3. The molecule has 1 aliphatic heterocycles. The van der Waals surface area contributed by atoms with Crippen LogP contribution in [-0.4, -0.2) is 19.5 Å². The first-order valence-corrected chi connectivity index (χ1v) is 19.8. The number of rotatable bonds is 5. The third kappa shape index (κ3) is 5.38. The van der Waals surface area contributed by atoms with Gasteiger partial charge in [0.2, 0.25) is 5.95 Å². The quantitative estimate of drug-likeness (QED) is 0.175. The van der Waals surface area contributed by atoms with Crippen molar-refractivity contribution in [2.75, 3.05) is 4.90 Å². The molecule has 3 aromatic heterocycles. The molecular formula is C53H33N5O. The molecular weight excluding hydrogens is 723 g/mol. The highest BCUT2D eigenvalue weighted by Crippen LogP contribution is 2.49. The molecule has 0 spiro atoms. The van der Waals surface area contributed by atoms with Crippen LogP contribution >= 0.6 is 0 Å². The van der Waals surface area contributed by atoms with Gasteiger partial charge in [-0.3, -0.25) is 9.47 Å². The van der Waals surface area contributed by atoms with E-state index in [0.29, 0.717) is 5.82 Å². The first kappa shape index (κ1) is 33.1. The second kappa shape index (κ2) is 13.3. The lowest BCUT2D eigenvalue weighted by Gasteiger charge is -2.26. The van der Waals surface area contributed by atoms with Gasteiger partial charge in [-0.05, 0) is 60.2 Å². The molecule has 0 unspecified atom stereocenters. The fourth-order valence-corrected chi connectivity index (χ4v) is 8.65. The van der Waals surface area contributed by atoms with Crippen molar-refractivity contribution in [1.82, 2.24) is 19.5 Å². The van der Waals surface area contributed by atoms with E-state index in [1.54, 1.807) is 0 Å². The molecule has 0 atom stereocenters. The summed E-state index contributed by atoms with van der Waals surface area (Å²) in [7, 11) is 0. The van der Waals surface area contributed by atoms with E-state index in [0.717, 1.165) is 106 Å². The summed E-state index contributed by atoms with van der Waals surface area (Å²) in [6, 6.07) is 69.6. The van der Waals surface area contributed by atoms with Gasteiger partial charge in [0.15, 0.2) is 5.82 Å². The Morgan fingerprint density at radius 2 is 1.00 bits per heavy atom. The molecule has 6 heteroatoms. The van der Waals surface area contributed by atoms with Crippen molar-refractivity contribution in [3.8, 4) is 61.8 Å². The van der Waals surface area contributed by atoms with Crippen LogP contribution < -0.4 is 4.90 Å². The molecule has 276 valence electrons. The van der Waals surface area contributed by atoms with Gasteiger partial charge in [-0.2, -0.15) is 0 Å². The lowest BCUT2D eigenvalue weighted by molar-refractivity contribution is 0.670. The minimum absolute atomic E-state index is 0.616. The SMILES string of the molecule is c1ccc(-c2cc(-c3ccccc3)nc(-c3cc(-c4cccc5c4oc4ccccc45)cc(N4c5ccccc5-c5ccccc5-n5c4nc4ccccc45)c3)n2)cc1. The lowest BCUT2D eigenvalue weighted by atomic mass is 9.97. The van der Waals surface area contributed by atoms with E-state index in [4.69, 9.17) is 19.4 Å². The van der Waals surface area contributed by atoms with E-state index in [-0.39, 0.29) is 0 Å². The van der Waals surface area contributed by atoms with Crippen molar-refractivity contribution in [3.05, 3.63) is 200 Å². The summed E-state index contributed by atoms with van der Waals surface area (Å²) >= 11 is 0. The lowest BCUT2D eigenvalue weighted by Crippen LogP contribution is -2.14. The van der Waals surface area contributed by atoms with Crippen molar-refractivity contribution < 1.29 is 4.42 Å². The van der Waals surface area contributed by atoms with Gasteiger partial charge >= 0.3 is 0 Å². The zero-order valence-electron chi connectivity index (χ0n) is 31.7. The van der Waals surface area contributed by atoms with Gasteiger partial charge in [0.05, 0.1) is 39.5 Å². The third-order valence-corrected chi connectivity index (χ3v) is 11.3. The number of nitrogens with zero attached hydrogens (tertiary/aromatic N) is 5. The third-order valence-electron chi connectivity index (χ3n) is 11.3. The van der Waals surface area contributed by atoms with Crippen LogP contribution in [0.5, 0.6) is 0 Å². The Morgan fingerprint density at radius 3 is 1.78 bits per heavy atom. The van der Waals surface area contributed by atoms with Crippen molar-refractivity contribution in [2.45, 2.75) is 0 Å². The van der Waals surface area contributed by atoms with E-state index < -0.39 is 0 Å². The number of hydrogen-bond donors (Lipinski definition) is 0. The monoisotopic (exact) mass is 755 g/mol. The zero-order valence-corrected chi connectivity index (χ0v) is 31.7. The Kier molecular flexibility index (Phi) is 7.43. The van der Waals surface area contributed by atoms with Crippen LogP contribution in [-0.2, 0) is 0 Å². The Labute approximate surface area is 340 Å². The summed E-state index contributed by atoms with van der Waals surface area (Å²) in [5, 5.41) is 2.15. The summed E-state index contributed by atoms with van der Waals surface area (Å²) in [5.74, 6) is 1.41. The molecule has 12 rings (SSSR count). The van der Waals surface area contributed by atoms with Gasteiger partial charge in [-0.15, -0.1) is 0 Å². The largest absolute Gasteiger partial charge is 0.455 e. The van der Waals surface area contributed by atoms with E-state index in [1.165, 1.54) is 0 Å². The van der Waals surface area contributed by atoms with E-state index in [9.17, 15) is 0 Å². The maximum absolute atomic E-state index is 6.68. The van der Waals surface area contributed by atoms with Crippen molar-refractivity contribution >= 4 is 50.3 Å². The summed E-state index contributed by atoms with van der Waals surface area (Å²) < 4.78 is 8.96. The van der Waals surface area contributed by atoms with Crippen LogP contribution in [0.4, 0.5) is 17.3 Å². The minimum Gasteiger partial charge on any atom is -0.455 e. The standard InChI is InChI=1S/C53H33N5O/c1-3-16-34(17-4-1)45-33-46(35-18-5-2-6-19-35)55-52(54-45)37-30-36(39-23-15-24-43-42-22-9-14-29-50(42)59-51(39)43)31-38(32-37)57-47-26-11-7-20-40(47)41-21-8-12-27-48(41)58-49-28-13-10-25-44(49)56-53(57)58/h1-33H. The number of hydrogen-bond acceptors (Lipinski definition) is 5. The highest BCUT2D eigenvalue weighted by atomic mass is 16.3. The highest BCUT2D eigenvalue weighted by molar-refractivity contribution is 6.10. The fraction of sp³-hybridized carbons (Fsp3) is 0. The molecule has 0 saturated heterocycles. The zero-order chi connectivity index (χ0) is 38.9. The van der Waals surface area contributed by atoms with E-state index >= 15 is 0 Å². The minimum atomic E-state index is 0.616.